The first-order valence-corrected chi connectivity index (χ1v) is 12.8. The molecule has 2 aliphatic heterocycles. The van der Waals surface area contributed by atoms with Gasteiger partial charge in [-0.3, -0.25) is 9.89 Å². The normalized spacial score (nSPS) is 22.6. The minimum Gasteiger partial charge on any atom is -0.478 e. The number of aliphatic carboxylic acids is 1. The third kappa shape index (κ3) is 5.88. The molecular weight excluding hydrogens is 558 g/mol. The summed E-state index contributed by atoms with van der Waals surface area (Å²) in [6, 6.07) is 2.78. The number of aromatic nitrogens is 1. The molecule has 1 aromatic heterocycles. The third-order valence-corrected chi connectivity index (χ3v) is 7.20. The second-order valence-electron chi connectivity index (χ2n) is 8.15. The summed E-state index contributed by atoms with van der Waals surface area (Å²) < 4.78 is 34.0. The number of carboxylic acid groups (broad SMARTS) is 1. The average molecular weight is 581 g/mol. The minimum absolute atomic E-state index is 0.0601. The number of hydrogen-bond acceptors (Lipinski definition) is 8. The zero-order valence-electron chi connectivity index (χ0n) is 19.2. The highest BCUT2D eigenvalue weighted by Crippen LogP contribution is 2.37. The first-order valence-electron chi connectivity index (χ1n) is 11.2. The molecular formula is C24H23BrF2N4O4S. The lowest BCUT2D eigenvalue weighted by atomic mass is 9.95. The lowest BCUT2D eigenvalue weighted by Crippen LogP contribution is -2.41. The van der Waals surface area contributed by atoms with Gasteiger partial charge in [0.25, 0.3) is 0 Å². The van der Waals surface area contributed by atoms with Gasteiger partial charge in [-0.1, -0.05) is 28.1 Å². The van der Waals surface area contributed by atoms with Crippen molar-refractivity contribution in [1.82, 2.24) is 15.2 Å². The van der Waals surface area contributed by atoms with Crippen LogP contribution in [0, 0.1) is 5.82 Å². The van der Waals surface area contributed by atoms with Crippen LogP contribution in [-0.4, -0.2) is 64.7 Å². The number of likely N-dealkylation sites (tertiary alicyclic amines) is 1. The smallest absolute Gasteiger partial charge is 0.338 e. The number of carbonyl (C=O) groups is 2. The number of esters is 1. The van der Waals surface area contributed by atoms with Gasteiger partial charge in [-0.2, -0.15) is 0 Å². The summed E-state index contributed by atoms with van der Waals surface area (Å²) >= 11 is 4.73. The van der Waals surface area contributed by atoms with Crippen molar-refractivity contribution in [3.63, 3.8) is 0 Å². The topological polar surface area (TPSA) is 104 Å². The molecule has 190 valence electrons. The van der Waals surface area contributed by atoms with E-state index in [9.17, 15) is 18.4 Å². The molecule has 4 rings (SSSR count). The van der Waals surface area contributed by atoms with Crippen LogP contribution in [0.1, 0.15) is 30.0 Å². The molecule has 2 aromatic rings. The van der Waals surface area contributed by atoms with E-state index in [0.717, 1.165) is 6.08 Å². The van der Waals surface area contributed by atoms with Crippen LogP contribution >= 0.6 is 27.3 Å². The van der Waals surface area contributed by atoms with E-state index in [-0.39, 0.29) is 31.7 Å². The zero-order chi connectivity index (χ0) is 25.8. The Labute approximate surface area is 218 Å². The highest BCUT2D eigenvalue weighted by atomic mass is 79.9. The predicted molar refractivity (Wildman–Crippen MR) is 134 cm³/mol. The van der Waals surface area contributed by atoms with Crippen LogP contribution in [0.3, 0.4) is 0 Å². The molecule has 3 unspecified atom stereocenters. The van der Waals surface area contributed by atoms with Crippen LogP contribution in [0.5, 0.6) is 0 Å². The van der Waals surface area contributed by atoms with Crippen molar-refractivity contribution in [2.45, 2.75) is 31.6 Å². The molecule has 8 nitrogen and oxygen atoms in total. The Kier molecular flexibility index (Phi) is 8.27. The number of alkyl halides is 1. The first-order chi connectivity index (χ1) is 17.3. The van der Waals surface area contributed by atoms with Crippen molar-refractivity contribution in [2.24, 2.45) is 4.99 Å². The molecule has 36 heavy (non-hydrogen) atoms. The lowest BCUT2D eigenvalue weighted by molar-refractivity contribution is -0.139. The van der Waals surface area contributed by atoms with Crippen molar-refractivity contribution >= 4 is 45.0 Å². The van der Waals surface area contributed by atoms with Crippen LogP contribution in [0.2, 0.25) is 0 Å². The number of rotatable bonds is 8. The highest BCUT2D eigenvalue weighted by Gasteiger charge is 2.37. The van der Waals surface area contributed by atoms with E-state index < -0.39 is 36.0 Å². The van der Waals surface area contributed by atoms with Gasteiger partial charge in [-0.15, -0.1) is 11.3 Å². The molecule has 1 aromatic carbocycles. The monoisotopic (exact) mass is 580 g/mol. The van der Waals surface area contributed by atoms with Gasteiger partial charge in [0.1, 0.15) is 18.0 Å². The molecule has 1 saturated heterocycles. The molecule has 3 atom stereocenters. The summed E-state index contributed by atoms with van der Waals surface area (Å²) in [6.07, 6.45) is 3.03. The van der Waals surface area contributed by atoms with Gasteiger partial charge in [-0.25, -0.2) is 23.4 Å². The molecule has 1 fully saturated rings. The van der Waals surface area contributed by atoms with Crippen molar-refractivity contribution < 1.29 is 28.2 Å². The summed E-state index contributed by atoms with van der Waals surface area (Å²) in [7, 11) is 0. The predicted octanol–water partition coefficient (Wildman–Crippen LogP) is 4.01. The van der Waals surface area contributed by atoms with Gasteiger partial charge in [-0.05, 0) is 31.0 Å². The number of hydrogen-bond donors (Lipinski definition) is 2. The largest absolute Gasteiger partial charge is 0.478 e. The molecule has 0 spiro atoms. The third-order valence-electron chi connectivity index (χ3n) is 5.73. The fourth-order valence-electron chi connectivity index (χ4n) is 4.22. The number of benzene rings is 1. The van der Waals surface area contributed by atoms with E-state index in [1.807, 2.05) is 0 Å². The van der Waals surface area contributed by atoms with Crippen molar-refractivity contribution in [2.75, 3.05) is 19.7 Å². The zero-order valence-corrected chi connectivity index (χ0v) is 21.6. The van der Waals surface area contributed by atoms with E-state index in [4.69, 9.17) is 14.8 Å². The number of nitrogens with zero attached hydrogens (tertiary/aromatic N) is 3. The number of ether oxygens (including phenoxy) is 1. The maximum Gasteiger partial charge on any atom is 0.338 e. The number of halogens is 3. The molecule has 0 saturated carbocycles. The summed E-state index contributed by atoms with van der Waals surface area (Å²) in [5.74, 6) is -1.79. The van der Waals surface area contributed by atoms with E-state index in [2.05, 4.69) is 26.2 Å². The Balaban J connectivity index is 1.81. The quantitative estimate of drug-likeness (QED) is 0.359. The Morgan fingerprint density at radius 3 is 2.89 bits per heavy atom. The van der Waals surface area contributed by atoms with Crippen molar-refractivity contribution in [3.05, 3.63) is 74.1 Å². The van der Waals surface area contributed by atoms with Crippen LogP contribution in [0.4, 0.5) is 8.78 Å². The lowest BCUT2D eigenvalue weighted by Gasteiger charge is -2.31. The van der Waals surface area contributed by atoms with Gasteiger partial charge in [0.05, 0.1) is 12.2 Å². The van der Waals surface area contributed by atoms with Crippen LogP contribution in [0.25, 0.3) is 0 Å². The Bertz CT molecular complexity index is 1230. The number of thiazole rings is 1. The fraction of sp³-hybridized carbons (Fsp3) is 0.333. The first kappa shape index (κ1) is 26.1. The molecule has 0 radical (unpaired) electrons. The summed E-state index contributed by atoms with van der Waals surface area (Å²) in [5.41, 5.74) is 1.17. The number of amidine groups is 1. The summed E-state index contributed by atoms with van der Waals surface area (Å²) in [6.45, 7) is 1.96. The number of nitrogens with one attached hydrogen (secondary N) is 1. The number of carboxylic acids is 1. The van der Waals surface area contributed by atoms with Gasteiger partial charge in [0, 0.05) is 47.0 Å². The maximum atomic E-state index is 14.4. The van der Waals surface area contributed by atoms with Crippen molar-refractivity contribution in [1.29, 1.82) is 0 Å². The van der Waals surface area contributed by atoms with Crippen LogP contribution < -0.4 is 5.32 Å². The highest BCUT2D eigenvalue weighted by molar-refractivity contribution is 9.10. The Hall–Kier alpha value is -2.96. The Morgan fingerprint density at radius 2 is 2.22 bits per heavy atom. The molecule has 0 amide bonds. The van der Waals surface area contributed by atoms with E-state index >= 15 is 0 Å². The van der Waals surface area contributed by atoms with E-state index in [1.165, 1.54) is 29.5 Å². The summed E-state index contributed by atoms with van der Waals surface area (Å²) in [5, 5.41) is 14.6. The SMILES string of the molecule is CCOC(=O)C1=C(CN2CC(F)CC2/C=C/C(=O)O)NC(c2nccs2)=NC1c1ccc(F)cc1Br. The van der Waals surface area contributed by atoms with Gasteiger partial charge >= 0.3 is 11.9 Å². The van der Waals surface area contributed by atoms with E-state index in [0.29, 0.717) is 26.6 Å². The molecule has 0 aliphatic carbocycles. The van der Waals surface area contributed by atoms with Crippen LogP contribution in [0.15, 0.2) is 62.7 Å². The van der Waals surface area contributed by atoms with Gasteiger partial charge < -0.3 is 15.2 Å². The van der Waals surface area contributed by atoms with E-state index in [1.54, 1.807) is 29.5 Å². The second-order valence-corrected chi connectivity index (χ2v) is 9.90. The van der Waals surface area contributed by atoms with Crippen LogP contribution in [-0.2, 0) is 14.3 Å². The number of carbonyl (C=O) groups excluding carboxylic acids is 1. The van der Waals surface area contributed by atoms with Gasteiger partial charge in [0.15, 0.2) is 10.8 Å². The standard InChI is InChI=1S/C24H23BrF2N4O4S/c1-2-35-24(34)20-18(12-31-11-14(27)9-15(31)4-6-19(32)33)29-22(23-28-7-8-36-23)30-21(20)16-5-3-13(26)10-17(16)25/h3-8,10,14-15,21H,2,9,11-12H2,1H3,(H,29,30)(H,32,33)/b6-4+. The molecule has 0 bridgehead atoms. The molecule has 3 heterocycles. The van der Waals surface area contributed by atoms with Crippen molar-refractivity contribution in [3.8, 4) is 0 Å². The average Bonchev–Trinajstić information content (AvgIpc) is 3.47. The Morgan fingerprint density at radius 1 is 1.42 bits per heavy atom. The molecule has 12 heteroatoms. The number of aliphatic imine (C=N–C) groups is 1. The molecule has 2 N–H and O–H groups in total. The summed E-state index contributed by atoms with van der Waals surface area (Å²) in [4.78, 5) is 35.1. The fourth-order valence-corrected chi connectivity index (χ4v) is 5.38. The second kappa shape index (κ2) is 11.4. The molecule has 2 aliphatic rings. The maximum absolute atomic E-state index is 14.4. The minimum atomic E-state index is -1.15. The van der Waals surface area contributed by atoms with Gasteiger partial charge in [0.2, 0.25) is 0 Å².